The molecule has 2 N–H and O–H groups in total. The van der Waals surface area contributed by atoms with Crippen LogP contribution in [0.3, 0.4) is 0 Å². The Morgan fingerprint density at radius 2 is 1.83 bits per heavy atom. The second-order valence-electron chi connectivity index (χ2n) is 6.65. The molecule has 154 valence electrons. The highest BCUT2D eigenvalue weighted by Crippen LogP contribution is 2.34. The van der Waals surface area contributed by atoms with E-state index in [2.05, 4.69) is 10.6 Å². The van der Waals surface area contributed by atoms with Crippen molar-refractivity contribution < 1.29 is 23.8 Å². The van der Waals surface area contributed by atoms with Crippen molar-refractivity contribution in [1.82, 2.24) is 5.32 Å². The molecule has 3 amide bonds. The summed E-state index contributed by atoms with van der Waals surface area (Å²) >= 11 is 0. The number of urea groups is 1. The predicted molar refractivity (Wildman–Crippen MR) is 110 cm³/mol. The molecule has 1 heterocycles. The number of nitrogens with zero attached hydrogens (tertiary/aromatic N) is 1. The van der Waals surface area contributed by atoms with E-state index >= 15 is 0 Å². The maximum atomic E-state index is 12.4. The van der Waals surface area contributed by atoms with Gasteiger partial charge in [0.25, 0.3) is 0 Å². The summed E-state index contributed by atoms with van der Waals surface area (Å²) in [5.41, 5.74) is 1.33. The molecule has 1 fully saturated rings. The van der Waals surface area contributed by atoms with Gasteiger partial charge in [-0.15, -0.1) is 0 Å². The molecule has 29 heavy (non-hydrogen) atoms. The molecule has 1 saturated heterocycles. The van der Waals surface area contributed by atoms with Crippen LogP contribution in [0, 0.1) is 5.92 Å². The van der Waals surface area contributed by atoms with Crippen LogP contribution in [0.2, 0.25) is 0 Å². The van der Waals surface area contributed by atoms with Crippen LogP contribution >= 0.6 is 0 Å². The molecule has 1 aliphatic heterocycles. The van der Waals surface area contributed by atoms with Gasteiger partial charge in [0.15, 0.2) is 11.5 Å². The summed E-state index contributed by atoms with van der Waals surface area (Å²) in [5.74, 6) is 1.79. The number of ether oxygens (including phenoxy) is 3. The van der Waals surface area contributed by atoms with E-state index in [0.717, 1.165) is 11.4 Å². The zero-order valence-corrected chi connectivity index (χ0v) is 16.7. The van der Waals surface area contributed by atoms with Crippen molar-refractivity contribution in [2.24, 2.45) is 5.92 Å². The number of rotatable bonds is 7. The lowest BCUT2D eigenvalue weighted by Gasteiger charge is -2.18. The van der Waals surface area contributed by atoms with Crippen molar-refractivity contribution in [3.63, 3.8) is 0 Å². The first-order chi connectivity index (χ1) is 14.0. The van der Waals surface area contributed by atoms with Gasteiger partial charge in [0.1, 0.15) is 5.75 Å². The number of hydrogen-bond acceptors (Lipinski definition) is 5. The molecular formula is C21H25N3O5. The Balaban J connectivity index is 1.55. The third kappa shape index (κ3) is 4.71. The minimum atomic E-state index is -0.369. The number of anilines is 2. The van der Waals surface area contributed by atoms with E-state index in [0.29, 0.717) is 36.7 Å². The van der Waals surface area contributed by atoms with Crippen LogP contribution in [0.4, 0.5) is 16.2 Å². The van der Waals surface area contributed by atoms with Crippen LogP contribution in [-0.4, -0.2) is 46.4 Å². The summed E-state index contributed by atoms with van der Waals surface area (Å²) in [6.45, 7) is 0.935. The van der Waals surface area contributed by atoms with Crippen LogP contribution in [0.25, 0.3) is 0 Å². The first kappa shape index (κ1) is 20.3. The smallest absolute Gasteiger partial charge is 0.319 e. The van der Waals surface area contributed by atoms with Gasteiger partial charge in [-0.25, -0.2) is 4.79 Å². The van der Waals surface area contributed by atoms with E-state index in [-0.39, 0.29) is 17.9 Å². The Kier molecular flexibility index (Phi) is 6.43. The fourth-order valence-corrected chi connectivity index (χ4v) is 3.32. The van der Waals surface area contributed by atoms with Gasteiger partial charge in [-0.05, 0) is 36.4 Å². The van der Waals surface area contributed by atoms with Gasteiger partial charge in [0.2, 0.25) is 5.91 Å². The van der Waals surface area contributed by atoms with Gasteiger partial charge in [-0.2, -0.15) is 0 Å². The maximum Gasteiger partial charge on any atom is 0.319 e. The molecule has 2 aromatic rings. The zero-order valence-electron chi connectivity index (χ0n) is 16.7. The predicted octanol–water partition coefficient (Wildman–Crippen LogP) is 2.89. The van der Waals surface area contributed by atoms with E-state index in [1.165, 1.54) is 14.2 Å². The summed E-state index contributed by atoms with van der Waals surface area (Å²) in [6.07, 6.45) is 0.384. The summed E-state index contributed by atoms with van der Waals surface area (Å²) in [7, 11) is 4.65. The lowest BCUT2D eigenvalue weighted by Crippen LogP contribution is -2.34. The normalized spacial score (nSPS) is 15.8. The third-order valence-electron chi connectivity index (χ3n) is 4.79. The van der Waals surface area contributed by atoms with Crippen molar-refractivity contribution in [3.05, 3.63) is 42.5 Å². The zero-order chi connectivity index (χ0) is 20.8. The molecule has 0 unspecified atom stereocenters. The average molecular weight is 399 g/mol. The highest BCUT2D eigenvalue weighted by Gasteiger charge is 2.30. The molecule has 2 aromatic carbocycles. The van der Waals surface area contributed by atoms with Crippen LogP contribution < -0.4 is 29.7 Å². The van der Waals surface area contributed by atoms with Crippen molar-refractivity contribution in [2.45, 2.75) is 6.42 Å². The molecule has 0 aromatic heterocycles. The molecule has 0 radical (unpaired) electrons. The number of para-hydroxylation sites is 1. The number of carbonyl (C=O) groups is 2. The highest BCUT2D eigenvalue weighted by atomic mass is 16.5. The lowest BCUT2D eigenvalue weighted by atomic mass is 10.1. The van der Waals surface area contributed by atoms with Crippen molar-refractivity contribution in [2.75, 3.05) is 44.6 Å². The first-order valence-corrected chi connectivity index (χ1v) is 9.26. The molecule has 0 spiro atoms. The van der Waals surface area contributed by atoms with E-state index in [1.807, 2.05) is 24.3 Å². The largest absolute Gasteiger partial charge is 0.497 e. The molecule has 0 bridgehead atoms. The van der Waals surface area contributed by atoms with Gasteiger partial charge in [0, 0.05) is 31.1 Å². The van der Waals surface area contributed by atoms with Gasteiger partial charge >= 0.3 is 6.03 Å². The number of nitrogens with one attached hydrogen (secondary N) is 2. The second-order valence-corrected chi connectivity index (χ2v) is 6.65. The van der Waals surface area contributed by atoms with Crippen molar-refractivity contribution in [1.29, 1.82) is 0 Å². The third-order valence-corrected chi connectivity index (χ3v) is 4.79. The summed E-state index contributed by atoms with van der Waals surface area (Å²) in [6, 6.07) is 12.2. The summed E-state index contributed by atoms with van der Waals surface area (Å²) in [5, 5.41) is 5.59. The number of benzene rings is 2. The molecule has 3 rings (SSSR count). The van der Waals surface area contributed by atoms with Crippen LogP contribution in [-0.2, 0) is 4.79 Å². The molecule has 1 aliphatic rings. The summed E-state index contributed by atoms with van der Waals surface area (Å²) in [4.78, 5) is 26.4. The van der Waals surface area contributed by atoms with E-state index in [9.17, 15) is 9.59 Å². The minimum Gasteiger partial charge on any atom is -0.497 e. The number of hydrogen-bond donors (Lipinski definition) is 2. The van der Waals surface area contributed by atoms with Gasteiger partial charge in [0.05, 0.1) is 27.0 Å². The standard InChI is InChI=1S/C21H25N3O5/c1-27-16-9-7-15(8-10-16)24-13-14(11-19(24)25)12-22-21(26)23-17-5-4-6-18(28-2)20(17)29-3/h4-10,14H,11-13H2,1-3H3,(H2,22,23,26)/t14-/m1/s1. The van der Waals surface area contributed by atoms with E-state index < -0.39 is 0 Å². The minimum absolute atomic E-state index is 0.0301. The topological polar surface area (TPSA) is 89.1 Å². The monoisotopic (exact) mass is 399 g/mol. The Bertz CT molecular complexity index is 869. The number of methoxy groups -OCH3 is 3. The second kappa shape index (κ2) is 9.18. The Morgan fingerprint density at radius 3 is 2.48 bits per heavy atom. The van der Waals surface area contributed by atoms with E-state index in [4.69, 9.17) is 14.2 Å². The fourth-order valence-electron chi connectivity index (χ4n) is 3.32. The molecule has 8 heteroatoms. The number of carbonyl (C=O) groups excluding carboxylic acids is 2. The van der Waals surface area contributed by atoms with Gasteiger partial charge in [-0.3, -0.25) is 4.79 Å². The lowest BCUT2D eigenvalue weighted by molar-refractivity contribution is -0.117. The molecular weight excluding hydrogens is 374 g/mol. The quantitative estimate of drug-likeness (QED) is 0.747. The number of amides is 3. The van der Waals surface area contributed by atoms with Crippen LogP contribution in [0.15, 0.2) is 42.5 Å². The first-order valence-electron chi connectivity index (χ1n) is 9.26. The Morgan fingerprint density at radius 1 is 1.07 bits per heavy atom. The SMILES string of the molecule is COc1ccc(N2C[C@@H](CNC(=O)Nc3cccc(OC)c3OC)CC2=O)cc1. The molecule has 0 aliphatic carbocycles. The van der Waals surface area contributed by atoms with Crippen molar-refractivity contribution in [3.8, 4) is 17.2 Å². The van der Waals surface area contributed by atoms with Crippen LogP contribution in [0.1, 0.15) is 6.42 Å². The Hall–Kier alpha value is -3.42. The van der Waals surface area contributed by atoms with Gasteiger partial charge < -0.3 is 29.7 Å². The van der Waals surface area contributed by atoms with Gasteiger partial charge in [-0.1, -0.05) is 6.07 Å². The average Bonchev–Trinajstić information content (AvgIpc) is 3.12. The maximum absolute atomic E-state index is 12.4. The molecule has 8 nitrogen and oxygen atoms in total. The van der Waals surface area contributed by atoms with Crippen molar-refractivity contribution >= 4 is 23.3 Å². The van der Waals surface area contributed by atoms with E-state index in [1.54, 1.807) is 30.2 Å². The summed E-state index contributed by atoms with van der Waals surface area (Å²) < 4.78 is 15.7. The molecule has 1 atom stereocenters. The Labute approximate surface area is 169 Å². The fraction of sp³-hybridized carbons (Fsp3) is 0.333. The van der Waals surface area contributed by atoms with Crippen LogP contribution in [0.5, 0.6) is 17.2 Å². The highest BCUT2D eigenvalue weighted by molar-refractivity contribution is 5.96. The molecule has 0 saturated carbocycles.